The largest absolute Gasteiger partial charge is 0.299 e. The second kappa shape index (κ2) is 6.07. The first-order valence-electron chi connectivity index (χ1n) is 7.88. The van der Waals surface area contributed by atoms with E-state index in [-0.39, 0.29) is 17.1 Å². The Kier molecular flexibility index (Phi) is 4.62. The van der Waals surface area contributed by atoms with Gasteiger partial charge in [0.25, 0.3) is 0 Å². The highest BCUT2D eigenvalue weighted by Gasteiger charge is 2.42. The summed E-state index contributed by atoms with van der Waals surface area (Å²) in [6.45, 7) is 6.20. The lowest BCUT2D eigenvalue weighted by Gasteiger charge is -2.40. The summed E-state index contributed by atoms with van der Waals surface area (Å²) in [4.78, 5) is 25.0. The summed E-state index contributed by atoms with van der Waals surface area (Å²) >= 11 is 0. The zero-order chi connectivity index (χ0) is 14.8. The first-order chi connectivity index (χ1) is 9.44. The summed E-state index contributed by atoms with van der Waals surface area (Å²) in [6, 6.07) is 0. The predicted molar refractivity (Wildman–Crippen MR) is 81.4 cm³/mol. The molecule has 2 rings (SSSR count). The molecule has 2 nitrogen and oxygen atoms in total. The number of ketones is 2. The number of hydrogen-bond acceptors (Lipinski definition) is 2. The second-order valence-electron chi connectivity index (χ2n) is 6.80. The van der Waals surface area contributed by atoms with Crippen LogP contribution in [0.3, 0.4) is 0 Å². The van der Waals surface area contributed by atoms with Crippen LogP contribution < -0.4 is 0 Å². The molecule has 1 unspecified atom stereocenters. The van der Waals surface area contributed by atoms with Crippen molar-refractivity contribution < 1.29 is 9.59 Å². The molecule has 0 saturated carbocycles. The van der Waals surface area contributed by atoms with Crippen LogP contribution in [0.4, 0.5) is 0 Å². The number of carbonyl (C=O) groups is 2. The number of hydrogen-bond donors (Lipinski definition) is 0. The van der Waals surface area contributed by atoms with E-state index in [2.05, 4.69) is 20.8 Å². The first-order valence-corrected chi connectivity index (χ1v) is 7.88. The second-order valence-corrected chi connectivity index (χ2v) is 6.80. The van der Waals surface area contributed by atoms with Gasteiger partial charge in [0.2, 0.25) is 0 Å². The monoisotopic (exact) mass is 274 g/mol. The molecular weight excluding hydrogens is 248 g/mol. The topological polar surface area (TPSA) is 34.1 Å². The van der Waals surface area contributed by atoms with Crippen LogP contribution in [-0.4, -0.2) is 11.6 Å². The van der Waals surface area contributed by atoms with E-state index in [9.17, 15) is 9.59 Å². The SMILES string of the molecule is CC1=C2C(=O)/C=C/CCCCCC(=O)C(CC1)C2(C)C. The minimum absolute atomic E-state index is 0.0120. The molecular formula is C18H26O2. The van der Waals surface area contributed by atoms with Crippen molar-refractivity contribution in [2.24, 2.45) is 11.3 Å². The summed E-state index contributed by atoms with van der Waals surface area (Å²) in [6.07, 6.45) is 10.3. The predicted octanol–water partition coefficient (Wildman–Crippen LogP) is 4.40. The Bertz CT molecular complexity index is 466. The van der Waals surface area contributed by atoms with E-state index in [1.807, 2.05) is 6.08 Å². The summed E-state index contributed by atoms with van der Waals surface area (Å²) in [5, 5.41) is 0. The molecule has 0 aromatic heterocycles. The Hall–Kier alpha value is -1.18. The highest BCUT2D eigenvalue weighted by molar-refractivity contribution is 6.06. The molecule has 0 aliphatic heterocycles. The van der Waals surface area contributed by atoms with Crippen LogP contribution in [0.2, 0.25) is 0 Å². The molecule has 2 aliphatic carbocycles. The van der Waals surface area contributed by atoms with Gasteiger partial charge in [-0.15, -0.1) is 0 Å². The summed E-state index contributed by atoms with van der Waals surface area (Å²) < 4.78 is 0. The Morgan fingerprint density at radius 2 is 1.85 bits per heavy atom. The van der Waals surface area contributed by atoms with Crippen LogP contribution in [0.25, 0.3) is 0 Å². The lowest BCUT2D eigenvalue weighted by atomic mass is 9.62. The maximum Gasteiger partial charge on any atom is 0.182 e. The van der Waals surface area contributed by atoms with Gasteiger partial charge in [-0.05, 0) is 45.1 Å². The fourth-order valence-electron chi connectivity index (χ4n) is 3.85. The average Bonchev–Trinajstić information content (AvgIpc) is 2.35. The van der Waals surface area contributed by atoms with E-state index in [1.165, 1.54) is 5.57 Å². The molecule has 2 heteroatoms. The summed E-state index contributed by atoms with van der Waals surface area (Å²) in [7, 11) is 0. The molecule has 0 N–H and O–H groups in total. The number of Topliss-reactive ketones (excluding diaryl/α,β-unsaturated/α-hetero) is 1. The van der Waals surface area contributed by atoms with Gasteiger partial charge < -0.3 is 0 Å². The minimum Gasteiger partial charge on any atom is -0.299 e. The van der Waals surface area contributed by atoms with Gasteiger partial charge in [0.15, 0.2) is 5.78 Å². The number of carbonyl (C=O) groups excluding carboxylic acids is 2. The van der Waals surface area contributed by atoms with Crippen LogP contribution >= 0.6 is 0 Å². The van der Waals surface area contributed by atoms with Crippen molar-refractivity contribution in [3.63, 3.8) is 0 Å². The Morgan fingerprint density at radius 1 is 1.10 bits per heavy atom. The quantitative estimate of drug-likeness (QED) is 0.656. The van der Waals surface area contributed by atoms with Gasteiger partial charge >= 0.3 is 0 Å². The Balaban J connectivity index is 2.42. The van der Waals surface area contributed by atoms with Crippen molar-refractivity contribution in [1.82, 2.24) is 0 Å². The van der Waals surface area contributed by atoms with Crippen LogP contribution in [-0.2, 0) is 9.59 Å². The van der Waals surface area contributed by atoms with E-state index >= 15 is 0 Å². The maximum atomic E-state index is 12.5. The Morgan fingerprint density at radius 3 is 2.60 bits per heavy atom. The molecule has 2 aliphatic rings. The number of allylic oxidation sites excluding steroid dienone is 4. The first kappa shape index (κ1) is 15.2. The maximum absolute atomic E-state index is 12.5. The van der Waals surface area contributed by atoms with Crippen LogP contribution in [0, 0.1) is 11.3 Å². The standard InChI is InChI=1S/C18H26O2/c1-13-11-12-14-15(19)9-7-5-4-6-8-10-16(20)17(13)18(14,2)3/h8,10,14H,4-7,9,11-12H2,1-3H3/b10-8+. The minimum atomic E-state index is -0.319. The van der Waals surface area contributed by atoms with Crippen LogP contribution in [0.1, 0.15) is 65.7 Å². The molecule has 110 valence electrons. The lowest BCUT2D eigenvalue weighted by molar-refractivity contribution is -0.126. The van der Waals surface area contributed by atoms with E-state index in [1.54, 1.807) is 6.08 Å². The van der Waals surface area contributed by atoms with Crippen molar-refractivity contribution in [3.8, 4) is 0 Å². The summed E-state index contributed by atoms with van der Waals surface area (Å²) in [5.41, 5.74) is 1.74. The fourth-order valence-corrected chi connectivity index (χ4v) is 3.85. The molecule has 0 fully saturated rings. The molecule has 0 saturated heterocycles. The van der Waals surface area contributed by atoms with E-state index in [0.29, 0.717) is 12.2 Å². The number of fused-ring (bicyclic) bond motifs is 2. The normalized spacial score (nSPS) is 29.6. The average molecular weight is 274 g/mol. The van der Waals surface area contributed by atoms with Crippen LogP contribution in [0.15, 0.2) is 23.3 Å². The van der Waals surface area contributed by atoms with Gasteiger partial charge in [0, 0.05) is 23.3 Å². The zero-order valence-electron chi connectivity index (χ0n) is 13.0. The van der Waals surface area contributed by atoms with Gasteiger partial charge in [-0.3, -0.25) is 9.59 Å². The number of rotatable bonds is 0. The smallest absolute Gasteiger partial charge is 0.182 e. The van der Waals surface area contributed by atoms with E-state index < -0.39 is 0 Å². The zero-order valence-corrected chi connectivity index (χ0v) is 13.0. The third kappa shape index (κ3) is 2.94. The molecule has 1 atom stereocenters. The molecule has 0 heterocycles. The molecule has 0 aromatic rings. The third-order valence-corrected chi connectivity index (χ3v) is 4.95. The highest BCUT2D eigenvalue weighted by atomic mass is 16.1. The van der Waals surface area contributed by atoms with E-state index in [0.717, 1.165) is 44.1 Å². The molecule has 2 bridgehead atoms. The van der Waals surface area contributed by atoms with Gasteiger partial charge in [-0.1, -0.05) is 31.9 Å². The van der Waals surface area contributed by atoms with Crippen molar-refractivity contribution in [1.29, 1.82) is 0 Å². The molecule has 20 heavy (non-hydrogen) atoms. The van der Waals surface area contributed by atoms with Crippen molar-refractivity contribution in [3.05, 3.63) is 23.3 Å². The Labute approximate surface area is 122 Å². The molecule has 0 radical (unpaired) electrons. The van der Waals surface area contributed by atoms with Gasteiger partial charge in [-0.25, -0.2) is 0 Å². The third-order valence-electron chi connectivity index (χ3n) is 4.95. The van der Waals surface area contributed by atoms with Crippen molar-refractivity contribution in [2.75, 3.05) is 0 Å². The van der Waals surface area contributed by atoms with Crippen molar-refractivity contribution in [2.45, 2.75) is 65.7 Å². The van der Waals surface area contributed by atoms with Gasteiger partial charge in [0.1, 0.15) is 5.78 Å². The van der Waals surface area contributed by atoms with Crippen LogP contribution in [0.5, 0.6) is 0 Å². The lowest BCUT2D eigenvalue weighted by Crippen LogP contribution is -2.38. The summed E-state index contributed by atoms with van der Waals surface area (Å²) in [5.74, 6) is 0.487. The molecule has 0 aromatic carbocycles. The highest BCUT2D eigenvalue weighted by Crippen LogP contribution is 2.46. The van der Waals surface area contributed by atoms with Gasteiger partial charge in [-0.2, -0.15) is 0 Å². The molecule has 0 spiro atoms. The van der Waals surface area contributed by atoms with E-state index in [4.69, 9.17) is 0 Å². The molecule has 0 amide bonds. The van der Waals surface area contributed by atoms with Crippen molar-refractivity contribution >= 4 is 11.6 Å². The van der Waals surface area contributed by atoms with Gasteiger partial charge in [0.05, 0.1) is 0 Å². The fraction of sp³-hybridized carbons (Fsp3) is 0.667.